The quantitative estimate of drug-likeness (QED) is 0.357. The number of benzene rings is 2. The van der Waals surface area contributed by atoms with Crippen LogP contribution in [-0.2, 0) is 30.3 Å². The van der Waals surface area contributed by atoms with Crippen LogP contribution in [-0.4, -0.2) is 59.6 Å². The van der Waals surface area contributed by atoms with E-state index in [1.165, 1.54) is 4.90 Å². The molecule has 224 valence electrons. The molecule has 41 heavy (non-hydrogen) atoms. The summed E-state index contributed by atoms with van der Waals surface area (Å²) in [7, 11) is 0. The number of rotatable bonds is 12. The van der Waals surface area contributed by atoms with Crippen LogP contribution in [0.4, 0.5) is 4.79 Å². The molecule has 9 heteroatoms. The lowest BCUT2D eigenvalue weighted by molar-refractivity contribution is -0.145. The lowest BCUT2D eigenvalue weighted by Gasteiger charge is -2.37. The standard InChI is InChI=1S/C32H45N3O6/c1-9-40-27(36)15-16-33-29(37)28(25-18-22(4)17-23(5)19-25)35(21(2)3)30(38)26(20-24-13-11-10-12-14-24)34-31(39)41-32(6,7)8/h10-14,17-19,21,26,28H,9,15-16,20H2,1-8H3,(H,33,37)(H,34,39). The van der Waals surface area contributed by atoms with E-state index in [0.717, 1.165) is 16.7 Å². The number of amides is 3. The Bertz CT molecular complexity index is 1170. The third kappa shape index (κ3) is 10.9. The number of hydrogen-bond donors (Lipinski definition) is 2. The summed E-state index contributed by atoms with van der Waals surface area (Å²) in [4.78, 5) is 54.4. The molecule has 2 rings (SSSR count). The van der Waals surface area contributed by atoms with Crippen LogP contribution in [0.1, 0.15) is 76.3 Å². The lowest BCUT2D eigenvalue weighted by atomic mass is 9.96. The molecule has 2 unspecified atom stereocenters. The molecule has 0 aromatic heterocycles. The Labute approximate surface area is 244 Å². The fourth-order valence-electron chi connectivity index (χ4n) is 4.58. The van der Waals surface area contributed by atoms with Crippen molar-refractivity contribution in [2.75, 3.05) is 13.2 Å². The van der Waals surface area contributed by atoms with E-state index in [-0.39, 0.29) is 26.0 Å². The SMILES string of the molecule is CCOC(=O)CCNC(=O)C(c1cc(C)cc(C)c1)N(C(=O)C(Cc1ccccc1)NC(=O)OC(C)(C)C)C(C)C. The van der Waals surface area contributed by atoms with Gasteiger partial charge < -0.3 is 25.0 Å². The second kappa shape index (κ2) is 15.2. The number of esters is 1. The number of carbonyl (C=O) groups excluding carboxylic acids is 4. The summed E-state index contributed by atoms with van der Waals surface area (Å²) in [6, 6.07) is 12.7. The van der Waals surface area contributed by atoms with Crippen LogP contribution in [0.3, 0.4) is 0 Å². The van der Waals surface area contributed by atoms with Crippen molar-refractivity contribution in [3.63, 3.8) is 0 Å². The molecule has 0 radical (unpaired) electrons. The van der Waals surface area contributed by atoms with E-state index in [1.54, 1.807) is 27.7 Å². The lowest BCUT2D eigenvalue weighted by Crippen LogP contribution is -2.55. The molecule has 2 aromatic rings. The van der Waals surface area contributed by atoms with Crippen molar-refractivity contribution in [2.24, 2.45) is 0 Å². The third-order valence-electron chi connectivity index (χ3n) is 6.10. The molecule has 9 nitrogen and oxygen atoms in total. The molecule has 3 amide bonds. The maximum absolute atomic E-state index is 14.3. The fraction of sp³-hybridized carbons (Fsp3) is 0.500. The van der Waals surface area contributed by atoms with Crippen LogP contribution < -0.4 is 10.6 Å². The number of nitrogens with zero attached hydrogens (tertiary/aromatic N) is 1. The molecule has 0 bridgehead atoms. The van der Waals surface area contributed by atoms with Crippen LogP contribution in [0.25, 0.3) is 0 Å². The van der Waals surface area contributed by atoms with Gasteiger partial charge in [-0.15, -0.1) is 0 Å². The van der Waals surface area contributed by atoms with Crippen LogP contribution in [0.15, 0.2) is 48.5 Å². The average molecular weight is 568 g/mol. The summed E-state index contributed by atoms with van der Waals surface area (Å²) in [5.74, 6) is -1.28. The maximum Gasteiger partial charge on any atom is 0.408 e. The monoisotopic (exact) mass is 567 g/mol. The normalized spacial score (nSPS) is 12.7. The second-order valence-corrected chi connectivity index (χ2v) is 11.4. The summed E-state index contributed by atoms with van der Waals surface area (Å²) < 4.78 is 10.4. The Morgan fingerprint density at radius 1 is 0.951 bits per heavy atom. The molecular weight excluding hydrogens is 522 g/mol. The van der Waals surface area contributed by atoms with Crippen molar-refractivity contribution >= 4 is 23.9 Å². The highest BCUT2D eigenvalue weighted by atomic mass is 16.6. The highest BCUT2D eigenvalue weighted by Crippen LogP contribution is 2.27. The zero-order chi connectivity index (χ0) is 30.7. The molecule has 2 atom stereocenters. The largest absolute Gasteiger partial charge is 0.466 e. The Hall–Kier alpha value is -3.88. The van der Waals surface area contributed by atoms with Crippen LogP contribution in [0, 0.1) is 13.8 Å². The number of alkyl carbamates (subject to hydrolysis) is 1. The summed E-state index contributed by atoms with van der Waals surface area (Å²) in [5.41, 5.74) is 2.59. The second-order valence-electron chi connectivity index (χ2n) is 11.4. The van der Waals surface area contributed by atoms with Gasteiger partial charge in [0, 0.05) is 19.0 Å². The molecule has 0 heterocycles. The summed E-state index contributed by atoms with van der Waals surface area (Å²) in [5, 5.41) is 5.57. The van der Waals surface area contributed by atoms with E-state index in [2.05, 4.69) is 10.6 Å². The molecule has 0 fully saturated rings. The molecule has 0 aliphatic carbocycles. The van der Waals surface area contributed by atoms with E-state index >= 15 is 0 Å². The smallest absolute Gasteiger partial charge is 0.408 e. The topological polar surface area (TPSA) is 114 Å². The van der Waals surface area contributed by atoms with E-state index in [9.17, 15) is 19.2 Å². The summed E-state index contributed by atoms with van der Waals surface area (Å²) >= 11 is 0. The number of aryl methyl sites for hydroxylation is 2. The minimum atomic E-state index is -1.01. The molecular formula is C32H45N3O6. The van der Waals surface area contributed by atoms with Gasteiger partial charge in [0.05, 0.1) is 13.0 Å². The molecule has 0 saturated carbocycles. The van der Waals surface area contributed by atoms with Gasteiger partial charge in [0.15, 0.2) is 0 Å². The first kappa shape index (κ1) is 33.3. The van der Waals surface area contributed by atoms with Gasteiger partial charge in [-0.1, -0.05) is 59.7 Å². The zero-order valence-electron chi connectivity index (χ0n) is 25.6. The molecule has 0 aliphatic rings. The van der Waals surface area contributed by atoms with E-state index in [1.807, 2.05) is 76.2 Å². The van der Waals surface area contributed by atoms with Crippen molar-refractivity contribution < 1.29 is 28.7 Å². The Kier molecular flexibility index (Phi) is 12.4. The van der Waals surface area contributed by atoms with E-state index in [4.69, 9.17) is 9.47 Å². The minimum Gasteiger partial charge on any atom is -0.466 e. The van der Waals surface area contributed by atoms with Gasteiger partial charge in [-0.05, 0) is 66.5 Å². The van der Waals surface area contributed by atoms with Crippen LogP contribution >= 0.6 is 0 Å². The molecule has 0 spiro atoms. The van der Waals surface area contributed by atoms with Crippen LogP contribution in [0.5, 0.6) is 0 Å². The maximum atomic E-state index is 14.3. The van der Waals surface area contributed by atoms with Gasteiger partial charge in [-0.3, -0.25) is 14.4 Å². The number of hydrogen-bond acceptors (Lipinski definition) is 6. The minimum absolute atomic E-state index is 0.00556. The number of nitrogens with one attached hydrogen (secondary N) is 2. The third-order valence-corrected chi connectivity index (χ3v) is 6.10. The summed E-state index contributed by atoms with van der Waals surface area (Å²) in [6.07, 6.45) is -0.519. The van der Waals surface area contributed by atoms with Crippen molar-refractivity contribution in [3.05, 3.63) is 70.8 Å². The highest BCUT2D eigenvalue weighted by Gasteiger charge is 2.38. The first-order chi connectivity index (χ1) is 19.2. The molecule has 2 aromatic carbocycles. The predicted octanol–water partition coefficient (Wildman–Crippen LogP) is 4.79. The predicted molar refractivity (Wildman–Crippen MR) is 158 cm³/mol. The van der Waals surface area contributed by atoms with Gasteiger partial charge >= 0.3 is 12.1 Å². The first-order valence-corrected chi connectivity index (χ1v) is 14.1. The van der Waals surface area contributed by atoms with Gasteiger partial charge in [0.2, 0.25) is 11.8 Å². The zero-order valence-corrected chi connectivity index (χ0v) is 25.6. The van der Waals surface area contributed by atoms with Crippen molar-refractivity contribution in [2.45, 2.75) is 92.0 Å². The molecule has 2 N–H and O–H groups in total. The van der Waals surface area contributed by atoms with Gasteiger partial charge in [-0.2, -0.15) is 0 Å². The van der Waals surface area contributed by atoms with Crippen molar-refractivity contribution in [1.29, 1.82) is 0 Å². The van der Waals surface area contributed by atoms with Crippen LogP contribution in [0.2, 0.25) is 0 Å². The fourth-order valence-corrected chi connectivity index (χ4v) is 4.58. The Morgan fingerprint density at radius 2 is 1.56 bits per heavy atom. The Balaban J connectivity index is 2.51. The number of ether oxygens (including phenoxy) is 2. The van der Waals surface area contributed by atoms with Crippen molar-refractivity contribution in [3.8, 4) is 0 Å². The summed E-state index contributed by atoms with van der Waals surface area (Å²) in [6.45, 7) is 14.8. The van der Waals surface area contributed by atoms with Gasteiger partial charge in [0.25, 0.3) is 0 Å². The molecule has 0 saturated heterocycles. The van der Waals surface area contributed by atoms with E-state index in [0.29, 0.717) is 5.56 Å². The first-order valence-electron chi connectivity index (χ1n) is 14.1. The average Bonchev–Trinajstić information content (AvgIpc) is 2.85. The molecule has 0 aliphatic heterocycles. The van der Waals surface area contributed by atoms with Gasteiger partial charge in [-0.25, -0.2) is 4.79 Å². The van der Waals surface area contributed by atoms with Crippen molar-refractivity contribution in [1.82, 2.24) is 15.5 Å². The van der Waals surface area contributed by atoms with Gasteiger partial charge in [0.1, 0.15) is 17.7 Å². The highest BCUT2D eigenvalue weighted by molar-refractivity contribution is 5.92. The Morgan fingerprint density at radius 3 is 2.10 bits per heavy atom. The number of carbonyl (C=O) groups is 4. The van der Waals surface area contributed by atoms with E-state index < -0.39 is 47.6 Å².